The zero-order valence-corrected chi connectivity index (χ0v) is 20.1. The van der Waals surface area contributed by atoms with Gasteiger partial charge in [0.25, 0.3) is 0 Å². The van der Waals surface area contributed by atoms with E-state index < -0.39 is 15.7 Å². The maximum atomic E-state index is 13.3. The average molecular weight is 478 g/mol. The summed E-state index contributed by atoms with van der Waals surface area (Å²) in [6.07, 6.45) is 5.51. The van der Waals surface area contributed by atoms with Gasteiger partial charge in [0.15, 0.2) is 0 Å². The van der Waals surface area contributed by atoms with Gasteiger partial charge in [-0.2, -0.15) is 0 Å². The number of hydrogen-bond donors (Lipinski definition) is 0. The summed E-state index contributed by atoms with van der Waals surface area (Å²) in [7, 11) is -3.79. The molecule has 1 amide bonds. The third-order valence-corrected chi connectivity index (χ3v) is 7.79. The van der Waals surface area contributed by atoms with Gasteiger partial charge < -0.3 is 14.2 Å². The molecule has 2 aromatic rings. The van der Waals surface area contributed by atoms with Crippen molar-refractivity contribution in [1.29, 1.82) is 0 Å². The number of hydrogen-bond acceptors (Lipinski definition) is 5. The second-order valence-corrected chi connectivity index (χ2v) is 11.4. The normalized spacial score (nSPS) is 18.7. The van der Waals surface area contributed by atoms with Crippen molar-refractivity contribution in [3.05, 3.63) is 47.5 Å². The minimum Gasteiger partial charge on any atom is -0.376 e. The maximum Gasteiger partial charge on any atom is 0.228 e. The van der Waals surface area contributed by atoms with Gasteiger partial charge in [-0.3, -0.25) is 4.79 Å². The van der Waals surface area contributed by atoms with Crippen LogP contribution in [0.25, 0.3) is 0 Å². The van der Waals surface area contributed by atoms with Gasteiger partial charge in [0, 0.05) is 19.1 Å². The molecule has 0 spiro atoms. The molecule has 1 aromatic carbocycles. The summed E-state index contributed by atoms with van der Waals surface area (Å²) in [5.74, 6) is -0.248. The first-order chi connectivity index (χ1) is 15.7. The van der Waals surface area contributed by atoms with Crippen molar-refractivity contribution >= 4 is 15.7 Å². The minimum atomic E-state index is -3.79. The van der Waals surface area contributed by atoms with E-state index in [4.69, 9.17) is 4.74 Å². The number of imidazole rings is 1. The van der Waals surface area contributed by atoms with Gasteiger partial charge in [-0.05, 0) is 49.3 Å². The first-order valence-electron chi connectivity index (χ1n) is 11.6. The maximum absolute atomic E-state index is 13.3. The molecular formula is C24H32FN3O4S. The number of halogens is 1. The summed E-state index contributed by atoms with van der Waals surface area (Å²) in [5, 5.41) is -0.0271. The molecule has 4 rings (SSSR count). The first kappa shape index (κ1) is 23.9. The van der Waals surface area contributed by atoms with E-state index in [2.05, 4.69) is 4.98 Å². The van der Waals surface area contributed by atoms with Crippen molar-refractivity contribution in [2.24, 2.45) is 11.8 Å². The fraction of sp³-hybridized carbons (Fsp3) is 0.583. The molecule has 9 heteroatoms. The Morgan fingerprint density at radius 2 is 1.97 bits per heavy atom. The van der Waals surface area contributed by atoms with E-state index >= 15 is 0 Å². The number of amides is 1. The average Bonchev–Trinajstić information content (AvgIpc) is 3.26. The molecule has 180 valence electrons. The predicted molar refractivity (Wildman–Crippen MR) is 121 cm³/mol. The molecule has 33 heavy (non-hydrogen) atoms. The van der Waals surface area contributed by atoms with E-state index in [-0.39, 0.29) is 28.8 Å². The smallest absolute Gasteiger partial charge is 0.228 e. The van der Waals surface area contributed by atoms with Crippen molar-refractivity contribution in [3.63, 3.8) is 0 Å². The van der Waals surface area contributed by atoms with Gasteiger partial charge in [0.05, 0.1) is 36.8 Å². The summed E-state index contributed by atoms with van der Waals surface area (Å²) < 4.78 is 47.4. The van der Waals surface area contributed by atoms with E-state index in [9.17, 15) is 17.6 Å². The summed E-state index contributed by atoms with van der Waals surface area (Å²) in [4.78, 5) is 19.0. The summed E-state index contributed by atoms with van der Waals surface area (Å²) in [5.41, 5.74) is 1.19. The number of ether oxygens (including phenoxy) is 1. The predicted octanol–water partition coefficient (Wildman–Crippen LogP) is 3.57. The molecule has 1 saturated carbocycles. The third kappa shape index (κ3) is 6.00. The van der Waals surface area contributed by atoms with Crippen LogP contribution in [0.1, 0.15) is 50.8 Å². The molecule has 0 bridgehead atoms. The highest BCUT2D eigenvalue weighted by atomic mass is 32.2. The highest BCUT2D eigenvalue weighted by Gasteiger charge is 2.31. The van der Waals surface area contributed by atoms with Crippen molar-refractivity contribution in [3.8, 4) is 0 Å². The van der Waals surface area contributed by atoms with Gasteiger partial charge in [-0.15, -0.1) is 0 Å². The molecule has 1 saturated heterocycles. The van der Waals surface area contributed by atoms with Crippen molar-refractivity contribution in [1.82, 2.24) is 14.5 Å². The van der Waals surface area contributed by atoms with Gasteiger partial charge >= 0.3 is 0 Å². The summed E-state index contributed by atoms with van der Waals surface area (Å²) in [6.45, 7) is 5.79. The topological polar surface area (TPSA) is 81.5 Å². The SMILES string of the molecule is CC(C)C(=O)N(Cc1cnc(S(=O)(=O)Cc2ccc(F)cc2)n1C[C@@H]1CCCO1)CC1CC1. The lowest BCUT2D eigenvalue weighted by molar-refractivity contribution is -0.135. The Morgan fingerprint density at radius 3 is 2.58 bits per heavy atom. The van der Waals surface area contributed by atoms with Gasteiger partial charge in [0.2, 0.25) is 20.9 Å². The number of nitrogens with zero attached hydrogens (tertiary/aromatic N) is 3. The molecule has 1 aliphatic carbocycles. The van der Waals surface area contributed by atoms with Crippen LogP contribution in [0.2, 0.25) is 0 Å². The number of aromatic nitrogens is 2. The van der Waals surface area contributed by atoms with Crippen LogP contribution in [0.3, 0.4) is 0 Å². The van der Waals surface area contributed by atoms with Crippen LogP contribution in [0.4, 0.5) is 4.39 Å². The molecule has 2 aliphatic rings. The summed E-state index contributed by atoms with van der Waals surface area (Å²) in [6, 6.07) is 5.45. The number of sulfone groups is 1. The van der Waals surface area contributed by atoms with Gasteiger partial charge in [-0.25, -0.2) is 17.8 Å². The quantitative estimate of drug-likeness (QED) is 0.523. The van der Waals surface area contributed by atoms with Gasteiger partial charge in [0.1, 0.15) is 5.82 Å². The van der Waals surface area contributed by atoms with Crippen molar-refractivity contribution in [2.75, 3.05) is 13.2 Å². The zero-order chi connectivity index (χ0) is 23.6. The second kappa shape index (κ2) is 9.93. The lowest BCUT2D eigenvalue weighted by Crippen LogP contribution is -2.36. The Balaban J connectivity index is 1.63. The number of carbonyl (C=O) groups excluding carboxylic acids is 1. The molecule has 7 nitrogen and oxygen atoms in total. The molecule has 1 aromatic heterocycles. The Morgan fingerprint density at radius 1 is 1.24 bits per heavy atom. The van der Waals surface area contributed by atoms with E-state index in [0.717, 1.165) is 25.7 Å². The largest absolute Gasteiger partial charge is 0.376 e. The van der Waals surface area contributed by atoms with Crippen LogP contribution < -0.4 is 0 Å². The molecule has 2 heterocycles. The molecule has 0 unspecified atom stereocenters. The first-order valence-corrected chi connectivity index (χ1v) is 13.3. The minimum absolute atomic E-state index is 0.0271. The van der Waals surface area contributed by atoms with E-state index in [1.54, 1.807) is 10.8 Å². The van der Waals surface area contributed by atoms with Crippen LogP contribution >= 0.6 is 0 Å². The highest BCUT2D eigenvalue weighted by Crippen LogP contribution is 2.31. The lowest BCUT2D eigenvalue weighted by atomic mass is 10.1. The van der Waals surface area contributed by atoms with E-state index in [1.807, 2.05) is 18.7 Å². The summed E-state index contributed by atoms with van der Waals surface area (Å²) >= 11 is 0. The Labute approximate surface area is 194 Å². The monoisotopic (exact) mass is 477 g/mol. The van der Waals surface area contributed by atoms with E-state index in [1.165, 1.54) is 24.3 Å². The van der Waals surface area contributed by atoms with E-state index in [0.29, 0.717) is 43.4 Å². The highest BCUT2D eigenvalue weighted by molar-refractivity contribution is 7.90. The fourth-order valence-electron chi connectivity index (χ4n) is 4.22. The molecule has 0 radical (unpaired) electrons. The Kier molecular flexibility index (Phi) is 7.19. The second-order valence-electron chi connectivity index (χ2n) is 9.48. The van der Waals surface area contributed by atoms with Crippen LogP contribution in [-0.2, 0) is 38.2 Å². The van der Waals surface area contributed by atoms with Crippen LogP contribution in [0.15, 0.2) is 35.6 Å². The standard InChI is InChI=1S/C24H32FN3O4S/c1-17(2)23(29)27(13-18-5-6-18)14-21-12-26-24(28(21)15-22-4-3-11-32-22)33(30,31)16-19-7-9-20(25)10-8-19/h7-10,12,17-18,22H,3-6,11,13-16H2,1-2H3/t22-/m0/s1. The van der Waals surface area contributed by atoms with Crippen molar-refractivity contribution < 1.29 is 22.3 Å². The fourth-order valence-corrected chi connectivity index (χ4v) is 5.72. The number of benzene rings is 1. The van der Waals surface area contributed by atoms with Crippen molar-refractivity contribution in [2.45, 2.75) is 69.6 Å². The number of rotatable bonds is 10. The number of carbonyl (C=O) groups is 1. The third-order valence-electron chi connectivity index (χ3n) is 6.19. The Bertz CT molecular complexity index is 1070. The van der Waals surface area contributed by atoms with Gasteiger partial charge in [-0.1, -0.05) is 26.0 Å². The van der Waals surface area contributed by atoms with Crippen LogP contribution in [0, 0.1) is 17.7 Å². The molecule has 1 atom stereocenters. The molecule has 2 fully saturated rings. The molecule has 0 N–H and O–H groups in total. The molecular weight excluding hydrogens is 445 g/mol. The molecule has 1 aliphatic heterocycles. The van der Waals surface area contributed by atoms with Crippen LogP contribution in [-0.4, -0.2) is 48.0 Å². The van der Waals surface area contributed by atoms with Crippen LogP contribution in [0.5, 0.6) is 0 Å². The Hall–Kier alpha value is -2.26. The lowest BCUT2D eigenvalue weighted by Gasteiger charge is -2.26. The zero-order valence-electron chi connectivity index (χ0n) is 19.2.